The Morgan fingerprint density at radius 1 is 1.32 bits per heavy atom. The zero-order chi connectivity index (χ0) is 18.9. The van der Waals surface area contributed by atoms with Crippen LogP contribution in [-0.4, -0.2) is 49.6 Å². The molecule has 0 aliphatic heterocycles. The van der Waals surface area contributed by atoms with Crippen LogP contribution in [0.2, 0.25) is 5.02 Å². The van der Waals surface area contributed by atoms with Crippen LogP contribution in [0.5, 0.6) is 5.75 Å². The molecule has 0 aliphatic rings. The molecule has 0 radical (unpaired) electrons. The van der Waals surface area contributed by atoms with Crippen molar-refractivity contribution in [2.45, 2.75) is 32.2 Å². The molecule has 1 unspecified atom stereocenters. The van der Waals surface area contributed by atoms with Crippen LogP contribution >= 0.6 is 11.6 Å². The molecule has 2 N–H and O–H groups in total. The molecule has 140 valence electrons. The van der Waals surface area contributed by atoms with Crippen LogP contribution in [0.25, 0.3) is 0 Å². The summed E-state index contributed by atoms with van der Waals surface area (Å²) < 4.78 is 28.3. The van der Waals surface area contributed by atoms with Crippen molar-refractivity contribution < 1.29 is 27.9 Å². The minimum atomic E-state index is -3.29. The third kappa shape index (κ3) is 8.22. The number of carbonyl (C=O) groups excluding carboxylic acids is 1. The Morgan fingerprint density at radius 3 is 2.60 bits per heavy atom. The summed E-state index contributed by atoms with van der Waals surface area (Å²) in [7, 11) is -3.29. The van der Waals surface area contributed by atoms with Crippen LogP contribution in [0.15, 0.2) is 24.3 Å². The number of carboxylic acid groups (broad SMARTS) is 1. The lowest BCUT2D eigenvalue weighted by molar-refractivity contribution is -0.141. The van der Waals surface area contributed by atoms with E-state index >= 15 is 0 Å². The number of hydrogen-bond donors (Lipinski definition) is 2. The molecule has 7 nitrogen and oxygen atoms in total. The lowest BCUT2D eigenvalue weighted by atomic mass is 10.2. The average molecular weight is 392 g/mol. The molecule has 0 aromatic heterocycles. The summed E-state index contributed by atoms with van der Waals surface area (Å²) in [6, 6.07) is 5.71. The van der Waals surface area contributed by atoms with E-state index in [9.17, 15) is 18.0 Å². The molecule has 1 atom stereocenters. The van der Waals surface area contributed by atoms with Gasteiger partial charge in [-0.2, -0.15) is 0 Å². The van der Waals surface area contributed by atoms with Gasteiger partial charge < -0.3 is 15.2 Å². The Labute approximate surface area is 152 Å². The van der Waals surface area contributed by atoms with Crippen LogP contribution < -0.4 is 10.1 Å². The van der Waals surface area contributed by atoms with Crippen molar-refractivity contribution in [3.63, 3.8) is 0 Å². The normalized spacial score (nSPS) is 12.4. The molecule has 0 spiro atoms. The van der Waals surface area contributed by atoms with Crippen molar-refractivity contribution in [3.8, 4) is 5.75 Å². The van der Waals surface area contributed by atoms with Crippen molar-refractivity contribution in [2.75, 3.05) is 18.1 Å². The second-order valence-electron chi connectivity index (χ2n) is 5.37. The van der Waals surface area contributed by atoms with Gasteiger partial charge in [-0.25, -0.2) is 13.2 Å². The number of amides is 1. The minimum absolute atomic E-state index is 0.0628. The summed E-state index contributed by atoms with van der Waals surface area (Å²) in [6.07, 6.45) is 0.277. The lowest BCUT2D eigenvalue weighted by Crippen LogP contribution is -2.42. The standard InChI is InChI=1S/C16H22ClNO6S/c1-2-25(22,23)11-9-13(16(20)21)18-15(19)8-5-10-24-14-7-4-3-6-12(14)17/h3-4,6-7,13H,2,5,8-11H2,1H3,(H,18,19)(H,20,21). The smallest absolute Gasteiger partial charge is 0.326 e. The highest BCUT2D eigenvalue weighted by molar-refractivity contribution is 7.91. The van der Waals surface area contributed by atoms with Crippen molar-refractivity contribution in [1.82, 2.24) is 5.32 Å². The van der Waals surface area contributed by atoms with Gasteiger partial charge in [0.15, 0.2) is 0 Å². The average Bonchev–Trinajstić information content (AvgIpc) is 2.56. The number of carboxylic acids is 1. The van der Waals surface area contributed by atoms with E-state index in [2.05, 4.69) is 5.32 Å². The Balaban J connectivity index is 2.37. The number of rotatable bonds is 11. The van der Waals surface area contributed by atoms with E-state index in [1.54, 1.807) is 24.3 Å². The molecule has 25 heavy (non-hydrogen) atoms. The number of sulfone groups is 1. The van der Waals surface area contributed by atoms with Gasteiger partial charge in [0, 0.05) is 12.2 Å². The number of aliphatic carboxylic acids is 1. The van der Waals surface area contributed by atoms with Gasteiger partial charge in [-0.05, 0) is 25.0 Å². The monoisotopic (exact) mass is 391 g/mol. The van der Waals surface area contributed by atoms with Crippen LogP contribution in [0, 0.1) is 0 Å². The Bertz CT molecular complexity index is 692. The first-order valence-electron chi connectivity index (χ1n) is 7.85. The highest BCUT2D eigenvalue weighted by atomic mass is 35.5. The van der Waals surface area contributed by atoms with E-state index in [1.807, 2.05) is 0 Å². The van der Waals surface area contributed by atoms with Gasteiger partial charge in [0.1, 0.15) is 21.6 Å². The van der Waals surface area contributed by atoms with Gasteiger partial charge in [-0.3, -0.25) is 4.79 Å². The molecule has 1 aromatic rings. The van der Waals surface area contributed by atoms with Crippen molar-refractivity contribution >= 4 is 33.3 Å². The van der Waals surface area contributed by atoms with Crippen molar-refractivity contribution in [2.24, 2.45) is 0 Å². The number of hydrogen-bond acceptors (Lipinski definition) is 5. The number of nitrogens with one attached hydrogen (secondary N) is 1. The zero-order valence-electron chi connectivity index (χ0n) is 13.9. The Hall–Kier alpha value is -1.80. The predicted molar refractivity (Wildman–Crippen MR) is 94.7 cm³/mol. The highest BCUT2D eigenvalue weighted by Gasteiger charge is 2.22. The SMILES string of the molecule is CCS(=O)(=O)CCC(NC(=O)CCCOc1ccccc1Cl)C(=O)O. The van der Waals surface area contributed by atoms with E-state index in [1.165, 1.54) is 6.92 Å². The van der Waals surface area contributed by atoms with Crippen LogP contribution in [-0.2, 0) is 19.4 Å². The zero-order valence-corrected chi connectivity index (χ0v) is 15.5. The molecular formula is C16H22ClNO6S. The molecule has 0 bridgehead atoms. The van der Waals surface area contributed by atoms with Gasteiger partial charge in [-0.1, -0.05) is 30.7 Å². The fourth-order valence-corrected chi connectivity index (χ4v) is 3.02. The van der Waals surface area contributed by atoms with Crippen LogP contribution in [0.4, 0.5) is 0 Å². The largest absolute Gasteiger partial charge is 0.492 e. The Kier molecular flexibility index (Phi) is 8.71. The summed E-state index contributed by atoms with van der Waals surface area (Å²) in [5.74, 6) is -1.56. The predicted octanol–water partition coefficient (Wildman–Crippen LogP) is 1.89. The van der Waals surface area contributed by atoms with Gasteiger partial charge in [0.25, 0.3) is 0 Å². The third-order valence-electron chi connectivity index (χ3n) is 3.43. The summed E-state index contributed by atoms with van der Waals surface area (Å²) in [6.45, 7) is 1.74. The molecule has 9 heteroatoms. The molecule has 1 rings (SSSR count). The number of halogens is 1. The van der Waals surface area contributed by atoms with E-state index in [0.29, 0.717) is 17.2 Å². The fraction of sp³-hybridized carbons (Fsp3) is 0.500. The first-order chi connectivity index (χ1) is 11.7. The van der Waals surface area contributed by atoms with Crippen LogP contribution in [0.1, 0.15) is 26.2 Å². The molecule has 0 aliphatic carbocycles. The molecule has 1 amide bonds. The molecule has 0 heterocycles. The second-order valence-corrected chi connectivity index (χ2v) is 8.25. The maximum absolute atomic E-state index is 11.8. The quantitative estimate of drug-likeness (QED) is 0.557. The van der Waals surface area contributed by atoms with E-state index < -0.39 is 27.8 Å². The summed E-state index contributed by atoms with van der Waals surface area (Å²) in [5, 5.41) is 11.9. The molecule has 0 fully saturated rings. The maximum atomic E-state index is 11.8. The van der Waals surface area contributed by atoms with Gasteiger partial charge in [0.2, 0.25) is 5.91 Å². The van der Waals surface area contributed by atoms with Crippen molar-refractivity contribution in [1.29, 1.82) is 0 Å². The topological polar surface area (TPSA) is 110 Å². The number of ether oxygens (including phenoxy) is 1. The molecule has 0 saturated carbocycles. The first-order valence-corrected chi connectivity index (χ1v) is 10.0. The third-order valence-corrected chi connectivity index (χ3v) is 5.48. The first kappa shape index (κ1) is 21.2. The summed E-state index contributed by atoms with van der Waals surface area (Å²) >= 11 is 5.93. The van der Waals surface area contributed by atoms with Crippen molar-refractivity contribution in [3.05, 3.63) is 29.3 Å². The van der Waals surface area contributed by atoms with Crippen LogP contribution in [0.3, 0.4) is 0 Å². The lowest BCUT2D eigenvalue weighted by Gasteiger charge is -2.14. The molecule has 1 aromatic carbocycles. The van der Waals surface area contributed by atoms with Gasteiger partial charge in [-0.15, -0.1) is 0 Å². The van der Waals surface area contributed by atoms with Gasteiger partial charge >= 0.3 is 5.97 Å². The number of benzene rings is 1. The van der Waals surface area contributed by atoms with E-state index in [0.717, 1.165) is 0 Å². The minimum Gasteiger partial charge on any atom is -0.492 e. The number of carbonyl (C=O) groups is 2. The summed E-state index contributed by atoms with van der Waals surface area (Å²) in [4.78, 5) is 23.0. The number of para-hydroxylation sites is 1. The second kappa shape index (κ2) is 10.2. The highest BCUT2D eigenvalue weighted by Crippen LogP contribution is 2.23. The summed E-state index contributed by atoms with van der Waals surface area (Å²) in [5.41, 5.74) is 0. The van der Waals surface area contributed by atoms with Gasteiger partial charge in [0.05, 0.1) is 17.4 Å². The Morgan fingerprint density at radius 2 is 2.00 bits per heavy atom. The molecule has 0 saturated heterocycles. The molecular weight excluding hydrogens is 370 g/mol. The van der Waals surface area contributed by atoms with E-state index in [-0.39, 0.29) is 31.0 Å². The fourth-order valence-electron chi connectivity index (χ4n) is 1.94. The van der Waals surface area contributed by atoms with E-state index in [4.69, 9.17) is 21.4 Å². The maximum Gasteiger partial charge on any atom is 0.326 e.